The summed E-state index contributed by atoms with van der Waals surface area (Å²) in [7, 11) is 0. The van der Waals surface area contributed by atoms with Crippen LogP contribution in [0.5, 0.6) is 0 Å². The van der Waals surface area contributed by atoms with E-state index in [-0.39, 0.29) is 0 Å². The Morgan fingerprint density at radius 1 is 0.527 bits per heavy atom. The molecular weight excluding hydrogens is 687 g/mol. The average Bonchev–Trinajstić information content (AvgIpc) is 3.66. The lowest BCUT2D eigenvalue weighted by molar-refractivity contribution is 0.857. The molecule has 10 rings (SSSR count). The van der Waals surface area contributed by atoms with Crippen LogP contribution in [0.15, 0.2) is 170 Å². The molecule has 260 valence electrons. The lowest BCUT2D eigenvalue weighted by atomic mass is 9.87. The molecule has 0 saturated carbocycles. The summed E-state index contributed by atoms with van der Waals surface area (Å²) in [6, 6.07) is 54.0. The molecule has 2 aliphatic carbocycles. The van der Waals surface area contributed by atoms with E-state index in [1.165, 1.54) is 42.4 Å². The van der Waals surface area contributed by atoms with Crippen LogP contribution in [-0.4, -0.2) is 15.0 Å². The summed E-state index contributed by atoms with van der Waals surface area (Å²) in [6.07, 6.45) is 16.8. The van der Waals surface area contributed by atoms with Crippen LogP contribution in [0.4, 0.5) is 0 Å². The number of nitrogens with zero attached hydrogens (tertiary/aromatic N) is 3. The molecule has 6 aromatic carbocycles. The van der Waals surface area contributed by atoms with Gasteiger partial charge in [-0.05, 0) is 89.1 Å². The quantitative estimate of drug-likeness (QED) is 0.164. The van der Waals surface area contributed by atoms with Crippen molar-refractivity contribution in [2.75, 3.05) is 0 Å². The first kappa shape index (κ1) is 32.9. The van der Waals surface area contributed by atoms with Gasteiger partial charge in [0.15, 0.2) is 17.5 Å². The average molecular weight is 722 g/mol. The third-order valence-corrected chi connectivity index (χ3v) is 11.7. The highest BCUT2D eigenvalue weighted by molar-refractivity contribution is 7.26. The predicted molar refractivity (Wildman–Crippen MR) is 229 cm³/mol. The summed E-state index contributed by atoms with van der Waals surface area (Å²) in [6.45, 7) is 0. The fourth-order valence-electron chi connectivity index (χ4n) is 7.69. The van der Waals surface area contributed by atoms with E-state index in [1.54, 1.807) is 11.3 Å². The van der Waals surface area contributed by atoms with E-state index >= 15 is 0 Å². The number of aromatic nitrogens is 3. The first-order chi connectivity index (χ1) is 27.2. The molecule has 0 bridgehead atoms. The van der Waals surface area contributed by atoms with Crippen LogP contribution >= 0.6 is 11.3 Å². The Balaban J connectivity index is 1.07. The van der Waals surface area contributed by atoms with Crippen molar-refractivity contribution in [3.8, 4) is 45.3 Å². The van der Waals surface area contributed by atoms with Crippen LogP contribution in [0.3, 0.4) is 0 Å². The summed E-state index contributed by atoms with van der Waals surface area (Å²) in [5.41, 5.74) is 10.9. The van der Waals surface area contributed by atoms with Gasteiger partial charge in [0.25, 0.3) is 0 Å². The molecule has 1 atom stereocenters. The van der Waals surface area contributed by atoms with Gasteiger partial charge in [0, 0.05) is 42.8 Å². The van der Waals surface area contributed by atoms with Crippen molar-refractivity contribution in [2.24, 2.45) is 0 Å². The van der Waals surface area contributed by atoms with Crippen LogP contribution in [-0.2, 0) is 0 Å². The van der Waals surface area contributed by atoms with Crippen LogP contribution in [0, 0.1) is 12.1 Å². The minimum Gasteiger partial charge on any atom is -0.208 e. The molecule has 2 aromatic heterocycles. The third-order valence-electron chi connectivity index (χ3n) is 10.5. The molecule has 0 N–H and O–H groups in total. The van der Waals surface area contributed by atoms with Crippen molar-refractivity contribution in [1.82, 2.24) is 15.0 Å². The third kappa shape index (κ3) is 6.50. The van der Waals surface area contributed by atoms with E-state index in [2.05, 4.69) is 182 Å². The van der Waals surface area contributed by atoms with Crippen LogP contribution in [0.25, 0.3) is 76.6 Å². The van der Waals surface area contributed by atoms with Gasteiger partial charge in [-0.25, -0.2) is 15.0 Å². The molecule has 3 nitrogen and oxygen atoms in total. The van der Waals surface area contributed by atoms with Gasteiger partial charge in [-0.3, -0.25) is 0 Å². The van der Waals surface area contributed by atoms with Gasteiger partial charge < -0.3 is 0 Å². The van der Waals surface area contributed by atoms with Crippen molar-refractivity contribution in [2.45, 2.75) is 25.2 Å². The summed E-state index contributed by atoms with van der Waals surface area (Å²) < 4.78 is 2.41. The molecule has 55 heavy (non-hydrogen) atoms. The summed E-state index contributed by atoms with van der Waals surface area (Å²) in [5, 5.41) is 2.45. The van der Waals surface area contributed by atoms with E-state index in [0.29, 0.717) is 23.4 Å². The smallest absolute Gasteiger partial charge is 0.172 e. The molecule has 2 heterocycles. The van der Waals surface area contributed by atoms with E-state index in [9.17, 15) is 0 Å². The Bertz CT molecular complexity index is 2840. The number of allylic oxidation sites excluding steroid dienone is 8. The van der Waals surface area contributed by atoms with E-state index in [1.807, 2.05) is 0 Å². The molecule has 1 unspecified atom stereocenters. The highest BCUT2D eigenvalue weighted by Gasteiger charge is 2.18. The number of thiophene rings is 1. The fourth-order valence-corrected chi connectivity index (χ4v) is 8.90. The highest BCUT2D eigenvalue weighted by atomic mass is 32.1. The van der Waals surface area contributed by atoms with Crippen molar-refractivity contribution in [1.29, 1.82) is 0 Å². The number of fused-ring (bicyclic) bond motifs is 3. The first-order valence-electron chi connectivity index (χ1n) is 18.9. The molecule has 0 aliphatic heterocycles. The summed E-state index contributed by atoms with van der Waals surface area (Å²) >= 11 is 1.78. The Morgan fingerprint density at radius 2 is 1.22 bits per heavy atom. The fraction of sp³-hybridized carbons (Fsp3) is 0.0784. The molecular formula is C51H35N3S. The molecule has 2 aliphatic rings. The molecule has 0 fully saturated rings. The second kappa shape index (κ2) is 14.3. The maximum Gasteiger partial charge on any atom is 0.172 e. The molecule has 4 heteroatoms. The summed E-state index contributed by atoms with van der Waals surface area (Å²) in [4.78, 5) is 15.5. The van der Waals surface area contributed by atoms with Crippen molar-refractivity contribution in [3.63, 3.8) is 0 Å². The Labute approximate surface area is 325 Å². The van der Waals surface area contributed by atoms with Gasteiger partial charge in [0.1, 0.15) is 0 Å². The van der Waals surface area contributed by atoms with E-state index in [0.717, 1.165) is 52.6 Å². The van der Waals surface area contributed by atoms with Gasteiger partial charge in [0.05, 0.1) is 5.56 Å². The zero-order valence-corrected chi connectivity index (χ0v) is 30.9. The SMILES string of the molecule is c1c(-c2cccc(C3=CCCC=C3)c2)ccc(-c2nc(-c3cccc(C4=CC(c5ccccc5)CC=C4)c3)nc(-c3cccc4c3sc3ccccc34)n2)c#1. The molecule has 0 saturated heterocycles. The lowest BCUT2D eigenvalue weighted by Gasteiger charge is -2.18. The van der Waals surface area contributed by atoms with Gasteiger partial charge in [-0.2, -0.15) is 0 Å². The standard InChI is InChI=1S/C51H35N3S/c1-3-13-34(14-4-1)38-17-9-19-40(31-38)36-27-29-37(30-28-36)49-52-50(54-51(53-49)46-25-12-24-45-44-23-7-8-26-47(44)55-48(45)46)43-22-11-21-42(33-43)41-20-10-18-39(32-41)35-15-5-2-6-16-35/h2-3,5-17,19-27,29,31-33,39H,1,4,18H2. The monoisotopic (exact) mass is 721 g/mol. The number of benzene rings is 5. The largest absolute Gasteiger partial charge is 0.208 e. The Morgan fingerprint density at radius 3 is 2.07 bits per heavy atom. The van der Waals surface area contributed by atoms with Crippen molar-refractivity contribution in [3.05, 3.63) is 199 Å². The van der Waals surface area contributed by atoms with Crippen LogP contribution in [0.2, 0.25) is 0 Å². The van der Waals surface area contributed by atoms with E-state index in [4.69, 9.17) is 15.0 Å². The zero-order chi connectivity index (χ0) is 36.6. The Kier molecular flexibility index (Phi) is 8.56. The Hall–Kier alpha value is -6.67. The number of hydrogen-bond acceptors (Lipinski definition) is 4. The van der Waals surface area contributed by atoms with Crippen LogP contribution in [0.1, 0.15) is 41.9 Å². The first-order valence-corrected chi connectivity index (χ1v) is 19.7. The van der Waals surface area contributed by atoms with Gasteiger partial charge in [-0.15, -0.1) is 11.3 Å². The molecule has 0 radical (unpaired) electrons. The summed E-state index contributed by atoms with van der Waals surface area (Å²) in [5.74, 6) is 2.17. The maximum atomic E-state index is 5.20. The van der Waals surface area contributed by atoms with Crippen molar-refractivity contribution >= 4 is 42.7 Å². The van der Waals surface area contributed by atoms with E-state index < -0.39 is 0 Å². The maximum absolute atomic E-state index is 5.20. The number of rotatable bonds is 7. The minimum absolute atomic E-state index is 0.334. The topological polar surface area (TPSA) is 38.7 Å². The van der Waals surface area contributed by atoms with Gasteiger partial charge in [0.2, 0.25) is 0 Å². The van der Waals surface area contributed by atoms with Crippen molar-refractivity contribution < 1.29 is 0 Å². The number of hydrogen-bond donors (Lipinski definition) is 0. The normalized spacial score (nSPS) is 15.2. The molecule has 0 spiro atoms. The zero-order valence-electron chi connectivity index (χ0n) is 30.1. The van der Waals surface area contributed by atoms with Crippen LogP contribution < -0.4 is 0 Å². The highest BCUT2D eigenvalue weighted by Crippen LogP contribution is 2.40. The predicted octanol–water partition coefficient (Wildman–Crippen LogP) is 13.4. The second-order valence-electron chi connectivity index (χ2n) is 14.1. The lowest BCUT2D eigenvalue weighted by Crippen LogP contribution is -2.01. The molecule has 0 amide bonds. The second-order valence-corrected chi connectivity index (χ2v) is 15.1. The van der Waals surface area contributed by atoms with Gasteiger partial charge >= 0.3 is 0 Å². The van der Waals surface area contributed by atoms with Gasteiger partial charge in [-0.1, -0.05) is 146 Å². The molecule has 8 aromatic rings. The minimum atomic E-state index is 0.334.